The van der Waals surface area contributed by atoms with E-state index in [1.54, 1.807) is 6.07 Å². The van der Waals surface area contributed by atoms with Crippen molar-refractivity contribution in [3.05, 3.63) is 77.0 Å². The number of carbonyl (C=O) groups excluding carboxylic acids is 1. The summed E-state index contributed by atoms with van der Waals surface area (Å²) in [6, 6.07) is 10.1. The van der Waals surface area contributed by atoms with Gasteiger partial charge in [-0.3, -0.25) is 4.79 Å². The second-order valence-corrected chi connectivity index (χ2v) is 5.21. The molecule has 1 amide bonds. The zero-order valence-electron chi connectivity index (χ0n) is 12.5. The van der Waals surface area contributed by atoms with Crippen LogP contribution in [0, 0.1) is 11.6 Å². The SMILES string of the molecule is NC(/C=C\Nc1ccc(F)c(Cl)c1)=NC(=O)Cc1ccccc1F. The van der Waals surface area contributed by atoms with Crippen LogP contribution in [0.2, 0.25) is 5.02 Å². The van der Waals surface area contributed by atoms with Gasteiger partial charge in [0.05, 0.1) is 11.4 Å². The summed E-state index contributed by atoms with van der Waals surface area (Å²) in [6.07, 6.45) is 2.61. The third-order valence-electron chi connectivity index (χ3n) is 2.98. The zero-order valence-corrected chi connectivity index (χ0v) is 13.2. The summed E-state index contributed by atoms with van der Waals surface area (Å²) in [6.45, 7) is 0. The predicted molar refractivity (Wildman–Crippen MR) is 90.9 cm³/mol. The van der Waals surface area contributed by atoms with Crippen LogP contribution in [0.4, 0.5) is 14.5 Å². The summed E-state index contributed by atoms with van der Waals surface area (Å²) < 4.78 is 26.5. The third kappa shape index (κ3) is 5.17. The number of nitrogens with zero attached hydrogens (tertiary/aromatic N) is 1. The summed E-state index contributed by atoms with van der Waals surface area (Å²) in [5.74, 6) is -1.60. The van der Waals surface area contributed by atoms with Crippen molar-refractivity contribution in [3.8, 4) is 0 Å². The molecule has 0 unspecified atom stereocenters. The van der Waals surface area contributed by atoms with E-state index in [0.717, 1.165) is 0 Å². The van der Waals surface area contributed by atoms with Crippen molar-refractivity contribution >= 4 is 29.0 Å². The first-order chi connectivity index (χ1) is 11.5. The Balaban J connectivity index is 1.94. The Kier molecular flexibility index (Phi) is 6.03. The summed E-state index contributed by atoms with van der Waals surface area (Å²) in [4.78, 5) is 15.4. The van der Waals surface area contributed by atoms with E-state index in [9.17, 15) is 13.6 Å². The van der Waals surface area contributed by atoms with Gasteiger partial charge in [-0.25, -0.2) is 8.78 Å². The Hall–Kier alpha value is -2.73. The van der Waals surface area contributed by atoms with Crippen LogP contribution in [0.15, 0.2) is 59.7 Å². The number of amides is 1. The minimum absolute atomic E-state index is 0.0184. The maximum Gasteiger partial charge on any atom is 0.252 e. The highest BCUT2D eigenvalue weighted by Crippen LogP contribution is 2.19. The second-order valence-electron chi connectivity index (χ2n) is 4.81. The predicted octanol–water partition coefficient (Wildman–Crippen LogP) is 3.67. The molecule has 2 aromatic carbocycles. The van der Waals surface area contributed by atoms with Crippen molar-refractivity contribution in [3.63, 3.8) is 0 Å². The molecule has 0 aromatic heterocycles. The molecule has 0 aliphatic carbocycles. The highest BCUT2D eigenvalue weighted by molar-refractivity contribution is 6.31. The fourth-order valence-corrected chi connectivity index (χ4v) is 2.02. The van der Waals surface area contributed by atoms with Gasteiger partial charge in [-0.05, 0) is 35.9 Å². The smallest absolute Gasteiger partial charge is 0.252 e. The molecular weight excluding hydrogens is 336 g/mol. The van der Waals surface area contributed by atoms with Gasteiger partial charge in [0, 0.05) is 11.9 Å². The van der Waals surface area contributed by atoms with Crippen molar-refractivity contribution in [1.29, 1.82) is 0 Å². The van der Waals surface area contributed by atoms with Crippen LogP contribution in [0.25, 0.3) is 0 Å². The first-order valence-corrected chi connectivity index (χ1v) is 7.32. The van der Waals surface area contributed by atoms with Crippen molar-refractivity contribution in [2.45, 2.75) is 6.42 Å². The standard InChI is InChI=1S/C17H14ClF2N3O/c18-13-10-12(5-6-15(13)20)22-8-7-16(21)23-17(24)9-11-3-1-2-4-14(11)19/h1-8,10,22H,9H2,(H2,21,23,24)/b8-7-. The molecule has 7 heteroatoms. The molecule has 3 N–H and O–H groups in total. The Morgan fingerprint density at radius 2 is 1.96 bits per heavy atom. The fraction of sp³-hybridized carbons (Fsp3) is 0.0588. The number of rotatable bonds is 5. The van der Waals surface area contributed by atoms with Gasteiger partial charge in [-0.1, -0.05) is 29.8 Å². The molecule has 0 heterocycles. The summed E-state index contributed by atoms with van der Waals surface area (Å²) in [5, 5.41) is 2.79. The van der Waals surface area contributed by atoms with Gasteiger partial charge in [0.1, 0.15) is 17.5 Å². The molecule has 124 valence electrons. The highest BCUT2D eigenvalue weighted by atomic mass is 35.5. The molecular formula is C17H14ClF2N3O. The normalized spacial score (nSPS) is 11.7. The molecule has 4 nitrogen and oxygen atoms in total. The summed E-state index contributed by atoms with van der Waals surface area (Å²) in [5.41, 5.74) is 6.40. The Bertz CT molecular complexity index is 806. The molecule has 0 aliphatic heterocycles. The summed E-state index contributed by atoms with van der Waals surface area (Å²) in [7, 11) is 0. The average Bonchev–Trinajstić information content (AvgIpc) is 2.53. The van der Waals surface area contributed by atoms with Gasteiger partial charge in [0.25, 0.3) is 5.91 Å². The number of hydrogen-bond acceptors (Lipinski definition) is 2. The van der Waals surface area contributed by atoms with Crippen LogP contribution in [0.5, 0.6) is 0 Å². The number of halogens is 3. The number of aliphatic imine (C=N–C) groups is 1. The maximum atomic E-state index is 13.4. The lowest BCUT2D eigenvalue weighted by Crippen LogP contribution is -2.13. The molecule has 2 aromatic rings. The van der Waals surface area contributed by atoms with Crippen molar-refractivity contribution in [2.75, 3.05) is 5.32 Å². The van der Waals surface area contributed by atoms with Gasteiger partial charge in [0.15, 0.2) is 0 Å². The fourth-order valence-electron chi connectivity index (χ4n) is 1.83. The minimum atomic E-state index is -0.563. The van der Waals surface area contributed by atoms with Gasteiger partial charge in [0.2, 0.25) is 0 Å². The first kappa shape index (κ1) is 17.6. The quantitative estimate of drug-likeness (QED) is 0.639. The number of nitrogens with two attached hydrogens (primary N) is 1. The van der Waals surface area contributed by atoms with Crippen LogP contribution in [-0.4, -0.2) is 11.7 Å². The maximum absolute atomic E-state index is 13.4. The Labute approximate surface area is 142 Å². The van der Waals surface area contributed by atoms with Crippen molar-refractivity contribution < 1.29 is 13.6 Å². The van der Waals surface area contributed by atoms with Crippen LogP contribution in [-0.2, 0) is 11.2 Å². The largest absolute Gasteiger partial charge is 0.384 e. The van der Waals surface area contributed by atoms with E-state index in [4.69, 9.17) is 17.3 Å². The Morgan fingerprint density at radius 1 is 1.21 bits per heavy atom. The molecule has 0 saturated heterocycles. The average molecular weight is 350 g/mol. The lowest BCUT2D eigenvalue weighted by Gasteiger charge is -2.02. The van der Waals surface area contributed by atoms with Crippen LogP contribution >= 0.6 is 11.6 Å². The molecule has 0 atom stereocenters. The lowest BCUT2D eigenvalue weighted by atomic mass is 10.1. The number of carbonyl (C=O) groups is 1. The number of anilines is 1. The second kappa shape index (κ2) is 8.21. The molecule has 0 fully saturated rings. The number of amidine groups is 1. The van der Waals surface area contributed by atoms with Crippen LogP contribution in [0.1, 0.15) is 5.56 Å². The van der Waals surface area contributed by atoms with Gasteiger partial charge in [-0.2, -0.15) is 4.99 Å². The van der Waals surface area contributed by atoms with Crippen LogP contribution in [0.3, 0.4) is 0 Å². The molecule has 0 aliphatic rings. The Morgan fingerprint density at radius 3 is 2.67 bits per heavy atom. The van der Waals surface area contributed by atoms with Crippen molar-refractivity contribution in [1.82, 2.24) is 0 Å². The van der Waals surface area contributed by atoms with E-state index < -0.39 is 17.5 Å². The molecule has 24 heavy (non-hydrogen) atoms. The molecule has 0 bridgehead atoms. The highest BCUT2D eigenvalue weighted by Gasteiger charge is 2.06. The lowest BCUT2D eigenvalue weighted by molar-refractivity contribution is -0.117. The van der Waals surface area contributed by atoms with Crippen LogP contribution < -0.4 is 11.1 Å². The van der Waals surface area contributed by atoms with Gasteiger partial charge in [-0.15, -0.1) is 0 Å². The van der Waals surface area contributed by atoms with E-state index in [1.165, 1.54) is 48.7 Å². The first-order valence-electron chi connectivity index (χ1n) is 6.94. The molecule has 2 rings (SSSR count). The van der Waals surface area contributed by atoms with E-state index >= 15 is 0 Å². The van der Waals surface area contributed by atoms with Gasteiger partial charge < -0.3 is 11.1 Å². The number of hydrogen-bond donors (Lipinski definition) is 2. The van der Waals surface area contributed by atoms with E-state index in [2.05, 4.69) is 10.3 Å². The van der Waals surface area contributed by atoms with E-state index in [-0.39, 0.29) is 22.8 Å². The molecule has 0 radical (unpaired) electrons. The minimum Gasteiger partial charge on any atom is -0.384 e. The van der Waals surface area contributed by atoms with Crippen molar-refractivity contribution in [2.24, 2.45) is 10.7 Å². The zero-order chi connectivity index (χ0) is 17.5. The van der Waals surface area contributed by atoms with E-state index in [1.807, 2.05) is 0 Å². The molecule has 0 spiro atoms. The van der Waals surface area contributed by atoms with E-state index in [0.29, 0.717) is 5.69 Å². The number of nitrogens with one attached hydrogen (secondary N) is 1. The summed E-state index contributed by atoms with van der Waals surface area (Å²) >= 11 is 5.65. The monoisotopic (exact) mass is 349 g/mol. The number of benzene rings is 2. The topological polar surface area (TPSA) is 67.5 Å². The van der Waals surface area contributed by atoms with Gasteiger partial charge >= 0.3 is 0 Å². The molecule has 0 saturated carbocycles. The third-order valence-corrected chi connectivity index (χ3v) is 3.27.